The molecule has 0 radical (unpaired) electrons. The summed E-state index contributed by atoms with van der Waals surface area (Å²) >= 11 is 4.35. The third-order valence-corrected chi connectivity index (χ3v) is 4.43. The Hall–Kier alpha value is 0.470. The molecule has 1 aromatic heterocycles. The molecule has 0 aromatic carbocycles. The van der Waals surface area contributed by atoms with Crippen molar-refractivity contribution >= 4 is 52.1 Å². The summed E-state index contributed by atoms with van der Waals surface area (Å²) in [4.78, 5) is 1.85. The van der Waals surface area contributed by atoms with E-state index < -0.39 is 12.2 Å². The quantitative estimate of drug-likeness (QED) is 0.809. The Morgan fingerprint density at radius 1 is 1.26 bits per heavy atom. The van der Waals surface area contributed by atoms with Gasteiger partial charge in [0, 0.05) is 40.9 Å². The molecule has 1 N–H and O–H groups in total. The van der Waals surface area contributed by atoms with Crippen LogP contribution in [-0.4, -0.2) is 37.3 Å². The molecule has 0 aliphatic carbocycles. The molecule has 0 amide bonds. The molecule has 1 fully saturated rings. The highest BCUT2D eigenvalue weighted by atomic mass is 79.9. The number of halogens is 6. The maximum atomic E-state index is 13.1. The summed E-state index contributed by atoms with van der Waals surface area (Å²) in [5.74, 6) is 0. The SMILES string of the molecule is Cl.Cl.FC(F)(F)[C@H](c1cc(Br)cs1)N1CCNCC1. The lowest BCUT2D eigenvalue weighted by atomic mass is 10.1. The Labute approximate surface area is 134 Å². The number of nitrogens with zero attached hydrogens (tertiary/aromatic N) is 1. The predicted molar refractivity (Wildman–Crippen MR) is 79.8 cm³/mol. The van der Waals surface area contributed by atoms with Gasteiger partial charge in [0.1, 0.15) is 6.04 Å². The Balaban J connectivity index is 0.00000162. The molecule has 0 bridgehead atoms. The van der Waals surface area contributed by atoms with Crippen molar-refractivity contribution < 1.29 is 13.2 Å². The van der Waals surface area contributed by atoms with Crippen molar-refractivity contribution in [3.05, 3.63) is 20.8 Å². The normalized spacial score (nSPS) is 18.3. The second kappa shape index (κ2) is 8.05. The fourth-order valence-electron chi connectivity index (χ4n) is 1.96. The summed E-state index contributed by atoms with van der Waals surface area (Å²) in [5.41, 5.74) is 0. The van der Waals surface area contributed by atoms with Crippen molar-refractivity contribution in [3.63, 3.8) is 0 Å². The average Bonchev–Trinajstić information content (AvgIpc) is 2.64. The van der Waals surface area contributed by atoms with Crippen LogP contribution in [0.2, 0.25) is 0 Å². The van der Waals surface area contributed by atoms with E-state index in [1.165, 1.54) is 4.90 Å². The topological polar surface area (TPSA) is 15.3 Å². The van der Waals surface area contributed by atoms with Gasteiger partial charge in [0.05, 0.1) is 0 Å². The number of alkyl halides is 3. The van der Waals surface area contributed by atoms with E-state index in [2.05, 4.69) is 21.2 Å². The maximum absolute atomic E-state index is 13.1. The number of hydrogen-bond donors (Lipinski definition) is 1. The third kappa shape index (κ3) is 5.06. The number of piperazine rings is 1. The molecule has 112 valence electrons. The molecule has 9 heteroatoms. The largest absolute Gasteiger partial charge is 0.408 e. The Kier molecular flexibility index (Phi) is 8.24. The molecule has 1 aliphatic rings. The zero-order valence-corrected chi connectivity index (χ0v) is 13.8. The molecule has 0 unspecified atom stereocenters. The lowest BCUT2D eigenvalue weighted by Gasteiger charge is -2.35. The van der Waals surface area contributed by atoms with E-state index in [-0.39, 0.29) is 24.8 Å². The van der Waals surface area contributed by atoms with Gasteiger partial charge in [0.2, 0.25) is 0 Å². The van der Waals surface area contributed by atoms with Crippen molar-refractivity contribution in [2.24, 2.45) is 0 Å². The second-order valence-electron chi connectivity index (χ2n) is 3.90. The molecular weight excluding hydrogens is 388 g/mol. The van der Waals surface area contributed by atoms with E-state index in [1.54, 1.807) is 11.4 Å². The lowest BCUT2D eigenvalue weighted by Crippen LogP contribution is -2.48. The van der Waals surface area contributed by atoms with Gasteiger partial charge in [-0.25, -0.2) is 0 Å². The molecule has 2 nitrogen and oxygen atoms in total. The number of rotatable bonds is 2. The molecule has 1 saturated heterocycles. The van der Waals surface area contributed by atoms with E-state index in [9.17, 15) is 13.2 Å². The summed E-state index contributed by atoms with van der Waals surface area (Å²) in [5, 5.41) is 4.75. The molecule has 19 heavy (non-hydrogen) atoms. The lowest BCUT2D eigenvalue weighted by molar-refractivity contribution is -0.186. The summed E-state index contributed by atoms with van der Waals surface area (Å²) < 4.78 is 40.1. The summed E-state index contributed by atoms with van der Waals surface area (Å²) in [6, 6.07) is 0.0890. The zero-order chi connectivity index (χ0) is 12.5. The highest BCUT2D eigenvalue weighted by Gasteiger charge is 2.45. The summed E-state index contributed by atoms with van der Waals surface area (Å²) in [6.45, 7) is 2.08. The number of thiophene rings is 1. The number of hydrogen-bond acceptors (Lipinski definition) is 3. The molecule has 0 spiro atoms. The molecular formula is C10H14BrCl2F3N2S. The summed E-state index contributed by atoms with van der Waals surface area (Å²) in [7, 11) is 0. The minimum atomic E-state index is -4.22. The van der Waals surface area contributed by atoms with Crippen molar-refractivity contribution in [2.75, 3.05) is 26.2 Å². The monoisotopic (exact) mass is 400 g/mol. The number of nitrogens with one attached hydrogen (secondary N) is 1. The van der Waals surface area contributed by atoms with Crippen molar-refractivity contribution in [2.45, 2.75) is 12.2 Å². The fourth-order valence-corrected chi connectivity index (χ4v) is 3.56. The van der Waals surface area contributed by atoms with Gasteiger partial charge in [-0.2, -0.15) is 13.2 Å². The molecule has 1 aliphatic heterocycles. The molecule has 1 aromatic rings. The Morgan fingerprint density at radius 2 is 1.84 bits per heavy atom. The van der Waals surface area contributed by atoms with Crippen LogP contribution in [0.1, 0.15) is 10.9 Å². The van der Waals surface area contributed by atoms with Crippen molar-refractivity contribution in [3.8, 4) is 0 Å². The maximum Gasteiger partial charge on any atom is 0.408 e. The third-order valence-electron chi connectivity index (χ3n) is 2.68. The van der Waals surface area contributed by atoms with E-state index in [0.29, 0.717) is 35.5 Å². The van der Waals surface area contributed by atoms with Gasteiger partial charge in [-0.05, 0) is 22.0 Å². The van der Waals surface area contributed by atoms with Gasteiger partial charge in [-0.3, -0.25) is 4.90 Å². The minimum Gasteiger partial charge on any atom is -0.314 e. The highest BCUT2D eigenvalue weighted by Crippen LogP contribution is 2.41. The average molecular weight is 402 g/mol. The second-order valence-corrected chi connectivity index (χ2v) is 5.76. The first-order valence-electron chi connectivity index (χ1n) is 5.24. The van der Waals surface area contributed by atoms with Gasteiger partial charge in [0.25, 0.3) is 0 Å². The van der Waals surface area contributed by atoms with Gasteiger partial charge >= 0.3 is 6.18 Å². The van der Waals surface area contributed by atoms with E-state index in [0.717, 1.165) is 11.3 Å². The molecule has 2 heterocycles. The van der Waals surface area contributed by atoms with Crippen LogP contribution < -0.4 is 5.32 Å². The smallest absolute Gasteiger partial charge is 0.314 e. The van der Waals surface area contributed by atoms with Crippen LogP contribution in [0.3, 0.4) is 0 Å². The molecule has 2 rings (SSSR count). The predicted octanol–water partition coefficient (Wildman–Crippen LogP) is 3.86. The molecule has 0 saturated carbocycles. The first kappa shape index (κ1) is 19.5. The van der Waals surface area contributed by atoms with Crippen LogP contribution in [0, 0.1) is 0 Å². The van der Waals surface area contributed by atoms with Crippen LogP contribution in [-0.2, 0) is 0 Å². The Morgan fingerprint density at radius 3 is 2.26 bits per heavy atom. The first-order valence-corrected chi connectivity index (χ1v) is 6.91. The van der Waals surface area contributed by atoms with Gasteiger partial charge in [-0.15, -0.1) is 36.2 Å². The van der Waals surface area contributed by atoms with Gasteiger partial charge in [0.15, 0.2) is 0 Å². The van der Waals surface area contributed by atoms with Crippen LogP contribution in [0.25, 0.3) is 0 Å². The van der Waals surface area contributed by atoms with Crippen molar-refractivity contribution in [1.82, 2.24) is 10.2 Å². The zero-order valence-electron chi connectivity index (χ0n) is 9.74. The van der Waals surface area contributed by atoms with Crippen LogP contribution in [0.15, 0.2) is 15.9 Å². The van der Waals surface area contributed by atoms with Crippen LogP contribution >= 0.6 is 52.1 Å². The van der Waals surface area contributed by atoms with E-state index >= 15 is 0 Å². The minimum absolute atomic E-state index is 0. The summed E-state index contributed by atoms with van der Waals surface area (Å²) in [6.07, 6.45) is -4.22. The molecule has 1 atom stereocenters. The van der Waals surface area contributed by atoms with Gasteiger partial charge < -0.3 is 5.32 Å². The van der Waals surface area contributed by atoms with E-state index in [1.807, 2.05) is 0 Å². The van der Waals surface area contributed by atoms with Crippen molar-refractivity contribution in [1.29, 1.82) is 0 Å². The fraction of sp³-hybridized carbons (Fsp3) is 0.600. The van der Waals surface area contributed by atoms with Crippen LogP contribution in [0.5, 0.6) is 0 Å². The highest BCUT2D eigenvalue weighted by molar-refractivity contribution is 9.10. The van der Waals surface area contributed by atoms with Gasteiger partial charge in [-0.1, -0.05) is 0 Å². The Bertz CT molecular complexity index is 383. The van der Waals surface area contributed by atoms with Crippen LogP contribution in [0.4, 0.5) is 13.2 Å². The standard InChI is InChI=1S/C10H12BrF3N2S.2ClH/c11-7-5-8(17-6-7)9(10(12,13)14)16-3-1-15-2-4-16;;/h5-6,9,15H,1-4H2;2*1H/t9-;;/m0../s1. The first-order chi connectivity index (χ1) is 7.98. The van der Waals surface area contributed by atoms with E-state index in [4.69, 9.17) is 0 Å².